The lowest BCUT2D eigenvalue weighted by Gasteiger charge is -2.31. The second-order valence-corrected chi connectivity index (χ2v) is 6.58. The molecule has 0 bridgehead atoms. The summed E-state index contributed by atoms with van der Waals surface area (Å²) >= 11 is 1.33. The standard InChI is InChI=1S/C15H18N2O3S/c1-11-5-6-12(21-11)14(19)20-9-13(18)17-15(10-16)7-3-2-4-8-15/h5-6H,2-4,7-9H2,1H3,(H,17,18). The van der Waals surface area contributed by atoms with Gasteiger partial charge in [0, 0.05) is 4.88 Å². The molecule has 0 spiro atoms. The number of amides is 1. The lowest BCUT2D eigenvalue weighted by molar-refractivity contribution is -0.125. The highest BCUT2D eigenvalue weighted by Crippen LogP contribution is 2.27. The van der Waals surface area contributed by atoms with Crippen molar-refractivity contribution in [3.8, 4) is 6.07 Å². The zero-order chi connectivity index (χ0) is 15.3. The third kappa shape index (κ3) is 4.05. The molecule has 1 aliphatic carbocycles. The number of aryl methyl sites for hydroxylation is 1. The van der Waals surface area contributed by atoms with Crippen molar-refractivity contribution < 1.29 is 14.3 Å². The van der Waals surface area contributed by atoms with Gasteiger partial charge in [-0.2, -0.15) is 5.26 Å². The van der Waals surface area contributed by atoms with Crippen LogP contribution in [-0.4, -0.2) is 24.0 Å². The average molecular weight is 306 g/mol. The van der Waals surface area contributed by atoms with Crippen LogP contribution in [0.15, 0.2) is 12.1 Å². The minimum absolute atomic E-state index is 0.348. The van der Waals surface area contributed by atoms with Crippen LogP contribution in [0.25, 0.3) is 0 Å². The Morgan fingerprint density at radius 3 is 2.67 bits per heavy atom. The lowest BCUT2D eigenvalue weighted by atomic mass is 9.83. The second kappa shape index (κ2) is 6.72. The molecule has 0 unspecified atom stereocenters. The van der Waals surface area contributed by atoms with Crippen molar-refractivity contribution in [2.75, 3.05) is 6.61 Å². The number of thiophene rings is 1. The van der Waals surface area contributed by atoms with Crippen LogP contribution >= 0.6 is 11.3 Å². The van der Waals surface area contributed by atoms with Crippen LogP contribution < -0.4 is 5.32 Å². The highest BCUT2D eigenvalue weighted by molar-refractivity contribution is 7.13. The Labute approximate surface area is 127 Å². The van der Waals surface area contributed by atoms with Gasteiger partial charge in [-0.05, 0) is 31.9 Å². The van der Waals surface area contributed by atoms with E-state index in [1.807, 2.05) is 13.0 Å². The van der Waals surface area contributed by atoms with E-state index in [1.165, 1.54) is 11.3 Å². The van der Waals surface area contributed by atoms with Crippen LogP contribution in [0.2, 0.25) is 0 Å². The maximum absolute atomic E-state index is 11.9. The molecule has 1 aromatic heterocycles. The van der Waals surface area contributed by atoms with Gasteiger partial charge in [0.1, 0.15) is 10.4 Å². The van der Waals surface area contributed by atoms with E-state index in [1.54, 1.807) is 6.07 Å². The van der Waals surface area contributed by atoms with Gasteiger partial charge < -0.3 is 10.1 Å². The van der Waals surface area contributed by atoms with Gasteiger partial charge in [-0.15, -0.1) is 11.3 Å². The Bertz CT molecular complexity index is 568. The van der Waals surface area contributed by atoms with Crippen LogP contribution in [0, 0.1) is 18.3 Å². The summed E-state index contributed by atoms with van der Waals surface area (Å²) in [6, 6.07) is 5.71. The molecule has 1 aliphatic rings. The predicted molar refractivity (Wildman–Crippen MR) is 78.9 cm³/mol. The highest BCUT2D eigenvalue weighted by atomic mass is 32.1. The summed E-state index contributed by atoms with van der Waals surface area (Å²) < 4.78 is 4.98. The highest BCUT2D eigenvalue weighted by Gasteiger charge is 2.33. The average Bonchev–Trinajstić information content (AvgIpc) is 2.92. The number of rotatable bonds is 4. The summed E-state index contributed by atoms with van der Waals surface area (Å²) in [4.78, 5) is 25.1. The Balaban J connectivity index is 1.84. The molecule has 2 rings (SSSR count). The summed E-state index contributed by atoms with van der Waals surface area (Å²) in [5.74, 6) is -0.919. The smallest absolute Gasteiger partial charge is 0.348 e. The van der Waals surface area contributed by atoms with Crippen molar-refractivity contribution in [2.24, 2.45) is 0 Å². The first-order valence-corrected chi connectivity index (χ1v) is 7.82. The third-order valence-electron chi connectivity index (χ3n) is 3.58. The van der Waals surface area contributed by atoms with Gasteiger partial charge in [-0.25, -0.2) is 4.79 Å². The molecule has 6 heteroatoms. The molecule has 5 nitrogen and oxygen atoms in total. The first-order chi connectivity index (χ1) is 10.0. The number of carbonyl (C=O) groups excluding carboxylic acids is 2. The molecule has 0 radical (unpaired) electrons. The molecule has 1 saturated carbocycles. The van der Waals surface area contributed by atoms with Crippen molar-refractivity contribution in [1.82, 2.24) is 5.32 Å². The molecule has 0 saturated heterocycles. The molecular weight excluding hydrogens is 288 g/mol. The number of ether oxygens (including phenoxy) is 1. The number of hydrogen-bond acceptors (Lipinski definition) is 5. The van der Waals surface area contributed by atoms with Crippen molar-refractivity contribution in [1.29, 1.82) is 5.26 Å². The molecule has 1 amide bonds. The first kappa shape index (κ1) is 15.5. The lowest BCUT2D eigenvalue weighted by Crippen LogP contribution is -2.50. The van der Waals surface area contributed by atoms with E-state index in [-0.39, 0.29) is 6.61 Å². The largest absolute Gasteiger partial charge is 0.451 e. The van der Waals surface area contributed by atoms with Crippen molar-refractivity contribution >= 4 is 23.2 Å². The fourth-order valence-corrected chi connectivity index (χ4v) is 3.23. The summed E-state index contributed by atoms with van der Waals surface area (Å²) in [5, 5.41) is 12.0. The van der Waals surface area contributed by atoms with Gasteiger partial charge in [0.05, 0.1) is 6.07 Å². The molecule has 1 aromatic rings. The summed E-state index contributed by atoms with van der Waals surface area (Å²) in [5.41, 5.74) is -0.790. The van der Waals surface area contributed by atoms with Crippen LogP contribution in [0.3, 0.4) is 0 Å². The fraction of sp³-hybridized carbons (Fsp3) is 0.533. The molecular formula is C15H18N2O3S. The van der Waals surface area contributed by atoms with Gasteiger partial charge >= 0.3 is 5.97 Å². The van der Waals surface area contributed by atoms with Crippen molar-refractivity contribution in [3.63, 3.8) is 0 Å². The topological polar surface area (TPSA) is 79.2 Å². The minimum atomic E-state index is -0.790. The second-order valence-electron chi connectivity index (χ2n) is 5.29. The molecule has 1 N–H and O–H groups in total. The minimum Gasteiger partial charge on any atom is -0.451 e. The molecule has 0 aromatic carbocycles. The van der Waals surface area contributed by atoms with Gasteiger partial charge in [0.2, 0.25) is 0 Å². The first-order valence-electron chi connectivity index (χ1n) is 7.00. The predicted octanol–water partition coefficient (Wildman–Crippen LogP) is 2.56. The zero-order valence-corrected chi connectivity index (χ0v) is 12.8. The Hall–Kier alpha value is -1.87. The number of hydrogen-bond donors (Lipinski definition) is 1. The maximum atomic E-state index is 11.9. The summed E-state index contributed by atoms with van der Waals surface area (Å²) in [7, 11) is 0. The summed E-state index contributed by atoms with van der Waals surface area (Å²) in [6.45, 7) is 1.55. The Kier molecular flexibility index (Phi) is 4.97. The van der Waals surface area contributed by atoms with Crippen LogP contribution in [0.5, 0.6) is 0 Å². The SMILES string of the molecule is Cc1ccc(C(=O)OCC(=O)NC2(C#N)CCCCC2)s1. The number of nitriles is 1. The fourth-order valence-electron chi connectivity index (χ4n) is 2.47. The number of carbonyl (C=O) groups is 2. The molecule has 1 fully saturated rings. The van der Waals surface area contributed by atoms with Gasteiger partial charge in [-0.3, -0.25) is 4.79 Å². The summed E-state index contributed by atoms with van der Waals surface area (Å²) in [6.07, 6.45) is 4.27. The Morgan fingerprint density at radius 2 is 2.10 bits per heavy atom. The third-order valence-corrected chi connectivity index (χ3v) is 4.56. The van der Waals surface area contributed by atoms with E-state index in [0.29, 0.717) is 17.7 Å². The maximum Gasteiger partial charge on any atom is 0.348 e. The van der Waals surface area contributed by atoms with E-state index < -0.39 is 17.4 Å². The van der Waals surface area contributed by atoms with Crippen LogP contribution in [0.1, 0.15) is 46.7 Å². The van der Waals surface area contributed by atoms with Gasteiger partial charge in [0.25, 0.3) is 5.91 Å². The van der Waals surface area contributed by atoms with Crippen molar-refractivity contribution in [3.05, 3.63) is 21.9 Å². The molecule has 21 heavy (non-hydrogen) atoms. The van der Waals surface area contributed by atoms with E-state index >= 15 is 0 Å². The monoisotopic (exact) mass is 306 g/mol. The molecule has 1 heterocycles. The zero-order valence-electron chi connectivity index (χ0n) is 12.0. The van der Waals surface area contributed by atoms with E-state index in [2.05, 4.69) is 11.4 Å². The van der Waals surface area contributed by atoms with Crippen LogP contribution in [-0.2, 0) is 9.53 Å². The van der Waals surface area contributed by atoms with Crippen LogP contribution in [0.4, 0.5) is 0 Å². The normalized spacial score (nSPS) is 16.8. The quantitative estimate of drug-likeness (QED) is 0.867. The number of esters is 1. The van der Waals surface area contributed by atoms with E-state index in [0.717, 1.165) is 24.1 Å². The molecule has 112 valence electrons. The number of nitrogens with zero attached hydrogens (tertiary/aromatic N) is 1. The van der Waals surface area contributed by atoms with Gasteiger partial charge in [-0.1, -0.05) is 19.3 Å². The van der Waals surface area contributed by atoms with E-state index in [9.17, 15) is 14.9 Å². The molecule has 0 atom stereocenters. The van der Waals surface area contributed by atoms with Gasteiger partial charge in [0.15, 0.2) is 6.61 Å². The molecule has 0 aliphatic heterocycles. The van der Waals surface area contributed by atoms with E-state index in [4.69, 9.17) is 4.74 Å². The number of nitrogens with one attached hydrogen (secondary N) is 1. The van der Waals surface area contributed by atoms with Crippen molar-refractivity contribution in [2.45, 2.75) is 44.6 Å². The Morgan fingerprint density at radius 1 is 1.38 bits per heavy atom.